The number of hydrogen-bond donors (Lipinski definition) is 0. The highest BCUT2D eigenvalue weighted by Gasteiger charge is 2.48. The van der Waals surface area contributed by atoms with Gasteiger partial charge in [0.05, 0.1) is 0 Å². The summed E-state index contributed by atoms with van der Waals surface area (Å²) in [4.78, 5) is -0.296. The Morgan fingerprint density at radius 3 is 2.00 bits per heavy atom. The maximum Gasteiger partial charge on any atom is 0.193 e. The van der Waals surface area contributed by atoms with Gasteiger partial charge in [-0.3, -0.25) is 0 Å². The molecule has 0 saturated heterocycles. The summed E-state index contributed by atoms with van der Waals surface area (Å²) < 4.78 is 11.6. The first-order valence-corrected chi connectivity index (χ1v) is 4.86. The molecular weight excluding hydrogens is 107 g/mol. The third-order valence-electron chi connectivity index (χ3n) is 0.821. The second kappa shape index (κ2) is 0.540. The zero-order valence-electron chi connectivity index (χ0n) is 2.48. The van der Waals surface area contributed by atoms with Gasteiger partial charge in [-0.1, -0.05) is 0 Å². The van der Waals surface area contributed by atoms with Crippen LogP contribution in [0.4, 0.5) is 4.39 Å². The molecule has 0 aromatic heterocycles. The average Bonchev–Trinajstić information content (AvgIpc) is 2.11. The Labute approximate surface area is 33.9 Å². The van der Waals surface area contributed by atoms with Gasteiger partial charge in [0.25, 0.3) is 0 Å². The summed E-state index contributed by atoms with van der Waals surface area (Å²) in [6, 6.07) is 0. The number of halogens is 1. The van der Waals surface area contributed by atoms with Gasteiger partial charge in [-0.25, -0.2) is 4.39 Å². The van der Waals surface area contributed by atoms with Crippen LogP contribution < -0.4 is 0 Å². The molecule has 2 rings (SSSR count). The highest BCUT2D eigenvalue weighted by molar-refractivity contribution is 8.75. The van der Waals surface area contributed by atoms with Crippen molar-refractivity contribution in [1.82, 2.24) is 0 Å². The van der Waals surface area contributed by atoms with Gasteiger partial charge in [0.15, 0.2) is 4.84 Å². The van der Waals surface area contributed by atoms with Crippen LogP contribution in [0.25, 0.3) is 0 Å². The van der Waals surface area contributed by atoms with Crippen LogP contribution in [0.5, 0.6) is 0 Å². The van der Waals surface area contributed by atoms with Crippen molar-refractivity contribution in [3.63, 3.8) is 0 Å². The monoisotopic (exact) mass is 110 g/mol. The fraction of sp³-hybridized carbons (Fsp3) is 1.00. The fourth-order valence-electron chi connectivity index (χ4n) is 0.303. The van der Waals surface area contributed by atoms with Crippen LogP contribution in [-0.4, -0.2) is 9.92 Å². The third-order valence-corrected chi connectivity index (χ3v) is 6.63. The lowest BCUT2D eigenvalue weighted by Gasteiger charge is -1.85. The molecule has 2 atom stereocenters. The van der Waals surface area contributed by atoms with Crippen LogP contribution in [0.3, 0.4) is 0 Å². The number of hydrogen-bond acceptors (Lipinski definition) is 0. The summed E-state index contributed by atoms with van der Waals surface area (Å²) in [5, 5.41) is 1.25. The highest BCUT2D eigenvalue weighted by Crippen LogP contribution is 2.41. The molecule has 0 saturated carbocycles. The Hall–Kier alpha value is 0.630. The van der Waals surface area contributed by atoms with E-state index < -0.39 is 0 Å². The molecule has 0 aliphatic carbocycles. The highest BCUT2D eigenvalue weighted by atomic mass is 33.0. The zero-order chi connectivity index (χ0) is 3.44. The molecule has 0 aromatic carbocycles. The molecule has 2 unspecified atom stereocenters. The van der Waals surface area contributed by atoms with Crippen molar-refractivity contribution in [2.45, 2.75) is 4.84 Å². The van der Waals surface area contributed by atoms with Crippen molar-refractivity contribution in [2.24, 2.45) is 0 Å². The zero-order valence-corrected chi connectivity index (χ0v) is 4.11. The molecule has 2 aliphatic heterocycles. The first-order valence-electron chi connectivity index (χ1n) is 1.43. The van der Waals surface area contributed by atoms with Crippen molar-refractivity contribution in [1.29, 1.82) is 0 Å². The van der Waals surface area contributed by atoms with E-state index in [2.05, 4.69) is 0 Å². The standard InChI is InChI=1S/C2H3FS2/c3-2-4-1-5(2)4/h2H,1H2. The minimum Gasteiger partial charge on any atom is -0.223 e. The van der Waals surface area contributed by atoms with E-state index in [1.54, 1.807) is 0 Å². The average molecular weight is 110 g/mol. The molecule has 0 fully saturated rings. The Morgan fingerprint density at radius 1 is 1.60 bits per heavy atom. The second-order valence-electron chi connectivity index (χ2n) is 1.15. The van der Waals surface area contributed by atoms with Gasteiger partial charge in [-0.15, -0.1) is 18.9 Å². The van der Waals surface area contributed by atoms with Crippen molar-refractivity contribution in [3.8, 4) is 0 Å². The molecule has 2 aliphatic rings. The maximum atomic E-state index is 11.6. The molecule has 30 valence electrons. The van der Waals surface area contributed by atoms with Gasteiger partial charge in [0.2, 0.25) is 0 Å². The maximum absolute atomic E-state index is 11.6. The molecule has 0 nitrogen and oxygen atoms in total. The van der Waals surface area contributed by atoms with E-state index in [0.717, 1.165) is 0 Å². The van der Waals surface area contributed by atoms with E-state index in [1.165, 1.54) is 5.08 Å². The molecule has 5 heavy (non-hydrogen) atoms. The molecule has 3 heteroatoms. The van der Waals surface area contributed by atoms with Crippen LogP contribution in [0.1, 0.15) is 0 Å². The van der Waals surface area contributed by atoms with Gasteiger partial charge in [0.1, 0.15) is 0 Å². The van der Waals surface area contributed by atoms with E-state index in [9.17, 15) is 4.39 Å². The van der Waals surface area contributed by atoms with Gasteiger partial charge < -0.3 is 0 Å². The van der Waals surface area contributed by atoms with E-state index in [-0.39, 0.29) is 4.84 Å². The quantitative estimate of drug-likeness (QED) is 0.423. The molecule has 0 spiro atoms. The predicted octanol–water partition coefficient (Wildman–Crippen LogP) is 0.376. The molecule has 0 radical (unpaired) electrons. The summed E-state index contributed by atoms with van der Waals surface area (Å²) in [6.45, 7) is 0. The Balaban J connectivity index is 2.32. The minimum absolute atomic E-state index is 0.296. The minimum atomic E-state index is -0.296. The van der Waals surface area contributed by atoms with Crippen LogP contribution in [-0.2, 0) is 18.9 Å². The molecule has 0 aromatic rings. The van der Waals surface area contributed by atoms with Gasteiger partial charge in [-0.05, 0) is 0 Å². The van der Waals surface area contributed by atoms with Crippen molar-refractivity contribution >= 4 is 18.9 Å². The summed E-state index contributed by atoms with van der Waals surface area (Å²) in [7, 11) is 0.744. The molecule has 2 heterocycles. The molecule has 0 N–H and O–H groups in total. The van der Waals surface area contributed by atoms with Gasteiger partial charge in [-0.2, -0.15) is 0 Å². The Bertz CT molecular complexity index is 105. The Morgan fingerprint density at radius 2 is 2.00 bits per heavy atom. The summed E-state index contributed by atoms with van der Waals surface area (Å²) >= 11 is 0. The number of alkyl halides is 1. The molecule has 0 bridgehead atoms. The lowest BCUT2D eigenvalue weighted by molar-refractivity contribution is 0.570. The van der Waals surface area contributed by atoms with Crippen LogP contribution in [0.15, 0.2) is 0 Å². The van der Waals surface area contributed by atoms with Gasteiger partial charge >= 0.3 is 0 Å². The molecule has 0 amide bonds. The van der Waals surface area contributed by atoms with Crippen LogP contribution in [0, 0.1) is 0 Å². The van der Waals surface area contributed by atoms with E-state index in [0.29, 0.717) is 18.9 Å². The van der Waals surface area contributed by atoms with Crippen molar-refractivity contribution in [2.75, 3.05) is 5.08 Å². The van der Waals surface area contributed by atoms with Gasteiger partial charge in [0, 0.05) is 5.08 Å². The normalized spacial score (nSPS) is 70.2. The third kappa shape index (κ3) is 0.201. The molecular formula is C2H3FS2. The fourth-order valence-corrected chi connectivity index (χ4v) is 4.73. The lowest BCUT2D eigenvalue weighted by Crippen LogP contribution is -1.95. The largest absolute Gasteiger partial charge is 0.223 e. The first kappa shape index (κ1) is 2.75. The smallest absolute Gasteiger partial charge is 0.193 e. The number of rotatable bonds is 0. The summed E-state index contributed by atoms with van der Waals surface area (Å²) in [5.41, 5.74) is 0. The van der Waals surface area contributed by atoms with Crippen LogP contribution >= 0.6 is 0 Å². The van der Waals surface area contributed by atoms with Crippen molar-refractivity contribution in [3.05, 3.63) is 0 Å². The Kier molecular flexibility index (Phi) is 0.296. The van der Waals surface area contributed by atoms with Crippen molar-refractivity contribution < 1.29 is 4.39 Å². The summed E-state index contributed by atoms with van der Waals surface area (Å²) in [6.07, 6.45) is 0. The van der Waals surface area contributed by atoms with Crippen LogP contribution in [0.2, 0.25) is 0 Å². The summed E-state index contributed by atoms with van der Waals surface area (Å²) in [5.74, 6) is 0. The van der Waals surface area contributed by atoms with E-state index >= 15 is 0 Å². The first-order chi connectivity index (χ1) is 2.39. The van der Waals surface area contributed by atoms with E-state index in [4.69, 9.17) is 0 Å². The second-order valence-corrected chi connectivity index (χ2v) is 7.31. The predicted molar refractivity (Wildman–Crippen MR) is 24.5 cm³/mol. The van der Waals surface area contributed by atoms with E-state index in [1.807, 2.05) is 0 Å². The topological polar surface area (TPSA) is 0 Å². The SMILES string of the molecule is FC1S2=S1C2. The lowest BCUT2D eigenvalue weighted by atomic mass is 11.7.